The minimum atomic E-state index is -0.207. The molecule has 0 aliphatic carbocycles. The van der Waals surface area contributed by atoms with Crippen LogP contribution < -0.4 is 5.32 Å². The molecule has 0 fully saturated rings. The Morgan fingerprint density at radius 1 is 1.18 bits per heavy atom. The number of halogens is 1. The van der Waals surface area contributed by atoms with Crippen LogP contribution in [0.15, 0.2) is 36.4 Å². The maximum Gasteiger partial charge on any atom is 0.123 e. The highest BCUT2D eigenvalue weighted by atomic mass is 19.1. The molecule has 1 heterocycles. The minimum Gasteiger partial charge on any atom is -0.379 e. The summed E-state index contributed by atoms with van der Waals surface area (Å²) in [7, 11) is 0. The number of aryl methyl sites for hydroxylation is 2. The van der Waals surface area contributed by atoms with E-state index in [2.05, 4.69) is 10.3 Å². The van der Waals surface area contributed by atoms with Gasteiger partial charge >= 0.3 is 0 Å². The molecule has 88 valence electrons. The van der Waals surface area contributed by atoms with Gasteiger partial charge in [-0.15, -0.1) is 0 Å². The quantitative estimate of drug-likeness (QED) is 0.873. The van der Waals surface area contributed by atoms with E-state index in [1.54, 1.807) is 6.07 Å². The van der Waals surface area contributed by atoms with Gasteiger partial charge in [-0.1, -0.05) is 6.07 Å². The highest BCUT2D eigenvalue weighted by molar-refractivity contribution is 5.50. The molecule has 1 aromatic heterocycles. The maximum absolute atomic E-state index is 12.9. The van der Waals surface area contributed by atoms with Crippen LogP contribution in [-0.2, 0) is 6.54 Å². The summed E-state index contributed by atoms with van der Waals surface area (Å²) in [5.74, 6) is -0.207. The zero-order valence-electron chi connectivity index (χ0n) is 10.00. The number of hydrogen-bond donors (Lipinski definition) is 1. The van der Waals surface area contributed by atoms with E-state index in [1.165, 1.54) is 12.1 Å². The van der Waals surface area contributed by atoms with Crippen molar-refractivity contribution in [3.63, 3.8) is 0 Å². The first-order valence-corrected chi connectivity index (χ1v) is 5.58. The average Bonchev–Trinajstić information content (AvgIpc) is 2.28. The van der Waals surface area contributed by atoms with Crippen molar-refractivity contribution < 1.29 is 4.39 Å². The third-order valence-electron chi connectivity index (χ3n) is 2.59. The van der Waals surface area contributed by atoms with E-state index in [4.69, 9.17) is 0 Å². The SMILES string of the molecule is Cc1cccc(CNc2ccc(F)cc2C)n1. The molecule has 1 aromatic carbocycles. The summed E-state index contributed by atoms with van der Waals surface area (Å²) in [4.78, 5) is 4.40. The van der Waals surface area contributed by atoms with E-state index in [-0.39, 0.29) is 5.82 Å². The van der Waals surface area contributed by atoms with E-state index in [9.17, 15) is 4.39 Å². The molecule has 2 aromatic rings. The first kappa shape index (κ1) is 11.6. The zero-order valence-corrected chi connectivity index (χ0v) is 10.00. The van der Waals surface area contributed by atoms with E-state index in [0.717, 1.165) is 22.6 Å². The second-order valence-corrected chi connectivity index (χ2v) is 4.08. The Balaban J connectivity index is 2.07. The first-order valence-electron chi connectivity index (χ1n) is 5.58. The van der Waals surface area contributed by atoms with E-state index in [1.807, 2.05) is 32.0 Å². The molecular formula is C14H15FN2. The van der Waals surface area contributed by atoms with Crippen LogP contribution in [-0.4, -0.2) is 4.98 Å². The number of anilines is 1. The summed E-state index contributed by atoms with van der Waals surface area (Å²) in [6.07, 6.45) is 0. The second kappa shape index (κ2) is 4.95. The standard InChI is InChI=1S/C14H15FN2/c1-10-8-12(15)6-7-14(10)16-9-13-5-3-4-11(2)17-13/h3-8,16H,9H2,1-2H3. The number of aromatic nitrogens is 1. The molecule has 2 nitrogen and oxygen atoms in total. The summed E-state index contributed by atoms with van der Waals surface area (Å²) in [6.45, 7) is 4.50. The zero-order chi connectivity index (χ0) is 12.3. The lowest BCUT2D eigenvalue weighted by molar-refractivity contribution is 0.627. The van der Waals surface area contributed by atoms with Crippen molar-refractivity contribution in [1.29, 1.82) is 0 Å². The molecule has 0 amide bonds. The predicted molar refractivity (Wildman–Crippen MR) is 67.4 cm³/mol. The number of pyridine rings is 1. The summed E-state index contributed by atoms with van der Waals surface area (Å²) in [5, 5.41) is 3.25. The van der Waals surface area contributed by atoms with Gasteiger partial charge in [-0.05, 0) is 49.7 Å². The van der Waals surface area contributed by atoms with Gasteiger partial charge in [0.2, 0.25) is 0 Å². The Morgan fingerprint density at radius 2 is 2.00 bits per heavy atom. The van der Waals surface area contributed by atoms with Crippen molar-refractivity contribution in [2.24, 2.45) is 0 Å². The predicted octanol–water partition coefficient (Wildman–Crippen LogP) is 3.45. The number of hydrogen-bond acceptors (Lipinski definition) is 2. The van der Waals surface area contributed by atoms with Crippen LogP contribution in [0, 0.1) is 19.7 Å². The molecule has 0 unspecified atom stereocenters. The molecule has 2 rings (SSSR count). The minimum absolute atomic E-state index is 0.207. The van der Waals surface area contributed by atoms with Crippen LogP contribution in [0.4, 0.5) is 10.1 Å². The van der Waals surface area contributed by atoms with Crippen molar-refractivity contribution in [3.05, 3.63) is 59.2 Å². The van der Waals surface area contributed by atoms with Crippen LogP contribution in [0.3, 0.4) is 0 Å². The molecular weight excluding hydrogens is 215 g/mol. The topological polar surface area (TPSA) is 24.9 Å². The Morgan fingerprint density at radius 3 is 2.71 bits per heavy atom. The molecule has 0 bridgehead atoms. The maximum atomic E-state index is 12.9. The molecule has 17 heavy (non-hydrogen) atoms. The number of nitrogens with zero attached hydrogens (tertiary/aromatic N) is 1. The average molecular weight is 230 g/mol. The first-order chi connectivity index (χ1) is 8.15. The number of rotatable bonds is 3. The van der Waals surface area contributed by atoms with Crippen LogP contribution in [0.25, 0.3) is 0 Å². The van der Waals surface area contributed by atoms with Gasteiger partial charge in [-0.25, -0.2) is 4.39 Å². The van der Waals surface area contributed by atoms with Crippen molar-refractivity contribution >= 4 is 5.69 Å². The normalized spacial score (nSPS) is 10.3. The molecule has 0 saturated carbocycles. The van der Waals surface area contributed by atoms with E-state index < -0.39 is 0 Å². The summed E-state index contributed by atoms with van der Waals surface area (Å²) in [5.41, 5.74) is 3.82. The largest absolute Gasteiger partial charge is 0.379 e. The second-order valence-electron chi connectivity index (χ2n) is 4.08. The van der Waals surface area contributed by atoms with Gasteiger partial charge in [-0.3, -0.25) is 4.98 Å². The Kier molecular flexibility index (Phi) is 3.38. The fourth-order valence-corrected chi connectivity index (χ4v) is 1.71. The fraction of sp³-hybridized carbons (Fsp3) is 0.214. The van der Waals surface area contributed by atoms with Gasteiger partial charge in [0, 0.05) is 11.4 Å². The lowest BCUT2D eigenvalue weighted by atomic mass is 10.2. The third-order valence-corrected chi connectivity index (χ3v) is 2.59. The highest BCUT2D eigenvalue weighted by Crippen LogP contribution is 2.16. The molecule has 0 aliphatic heterocycles. The van der Waals surface area contributed by atoms with Crippen molar-refractivity contribution in [2.75, 3.05) is 5.32 Å². The Hall–Kier alpha value is -1.90. The Labute approximate surface area is 101 Å². The molecule has 0 spiro atoms. The van der Waals surface area contributed by atoms with Crippen LogP contribution in [0.2, 0.25) is 0 Å². The van der Waals surface area contributed by atoms with Crippen LogP contribution in [0.1, 0.15) is 17.0 Å². The monoisotopic (exact) mass is 230 g/mol. The number of benzene rings is 1. The lowest BCUT2D eigenvalue weighted by Gasteiger charge is -2.09. The van der Waals surface area contributed by atoms with Crippen LogP contribution in [0.5, 0.6) is 0 Å². The summed E-state index contributed by atoms with van der Waals surface area (Å²) in [6, 6.07) is 10.6. The highest BCUT2D eigenvalue weighted by Gasteiger charge is 2.00. The molecule has 0 saturated heterocycles. The summed E-state index contributed by atoms with van der Waals surface area (Å²) >= 11 is 0. The van der Waals surface area contributed by atoms with Gasteiger partial charge in [0.1, 0.15) is 5.82 Å². The molecule has 1 N–H and O–H groups in total. The van der Waals surface area contributed by atoms with Crippen molar-refractivity contribution in [3.8, 4) is 0 Å². The van der Waals surface area contributed by atoms with Crippen LogP contribution >= 0.6 is 0 Å². The molecule has 3 heteroatoms. The fourth-order valence-electron chi connectivity index (χ4n) is 1.71. The van der Waals surface area contributed by atoms with Gasteiger partial charge in [0.15, 0.2) is 0 Å². The third kappa shape index (κ3) is 3.03. The van der Waals surface area contributed by atoms with E-state index >= 15 is 0 Å². The van der Waals surface area contributed by atoms with Crippen molar-refractivity contribution in [2.45, 2.75) is 20.4 Å². The van der Waals surface area contributed by atoms with Gasteiger partial charge in [0.25, 0.3) is 0 Å². The smallest absolute Gasteiger partial charge is 0.123 e. The van der Waals surface area contributed by atoms with E-state index in [0.29, 0.717) is 6.54 Å². The lowest BCUT2D eigenvalue weighted by Crippen LogP contribution is -2.03. The van der Waals surface area contributed by atoms with Gasteiger partial charge < -0.3 is 5.32 Å². The van der Waals surface area contributed by atoms with Crippen molar-refractivity contribution in [1.82, 2.24) is 4.98 Å². The summed E-state index contributed by atoms with van der Waals surface area (Å²) < 4.78 is 12.9. The van der Waals surface area contributed by atoms with Gasteiger partial charge in [-0.2, -0.15) is 0 Å². The number of nitrogens with one attached hydrogen (secondary N) is 1. The molecule has 0 atom stereocenters. The molecule has 0 radical (unpaired) electrons. The Bertz CT molecular complexity index is 523. The molecule has 0 aliphatic rings. The van der Waals surface area contributed by atoms with Gasteiger partial charge in [0.05, 0.1) is 12.2 Å².